The molecule has 1 heterocycles. The largest absolute Gasteiger partial charge is 0.492 e. The molecular formula is C22H21F3N4O4. The maximum absolute atomic E-state index is 12.2. The Balaban J connectivity index is 0.000000479. The van der Waals surface area contributed by atoms with Gasteiger partial charge in [0.1, 0.15) is 18.2 Å². The Hall–Kier alpha value is -4.28. The Bertz CT molecular complexity index is 1080. The zero-order valence-electron chi connectivity index (χ0n) is 17.2. The first-order chi connectivity index (χ1) is 15.6. The summed E-state index contributed by atoms with van der Waals surface area (Å²) in [4.78, 5) is 21.1. The number of amides is 1. The molecule has 1 aromatic heterocycles. The van der Waals surface area contributed by atoms with Gasteiger partial charge >= 0.3 is 12.1 Å². The third-order valence-corrected chi connectivity index (χ3v) is 4.08. The number of alkyl halides is 3. The molecule has 0 bridgehead atoms. The van der Waals surface area contributed by atoms with E-state index in [2.05, 4.69) is 5.32 Å². The standard InChI is InChI=1S/C20H20N4O2.C2HF3O2/c21-19(22)16-4-3-5-18(14-16)26-13-10-23-20(25)15-6-8-17(9-7-15)24-11-1-2-12-24;3-2(4,5)1(6)7/h1-9,11-12,14H,10,13H2,(H3,21,22)(H,23,25);(H,6,7). The van der Waals surface area contributed by atoms with Crippen LogP contribution in [0.5, 0.6) is 5.75 Å². The summed E-state index contributed by atoms with van der Waals surface area (Å²) in [6, 6.07) is 18.3. The average molecular weight is 462 g/mol. The molecule has 0 radical (unpaired) electrons. The van der Waals surface area contributed by atoms with E-state index in [1.807, 2.05) is 41.2 Å². The molecule has 11 heteroatoms. The van der Waals surface area contributed by atoms with Crippen molar-refractivity contribution in [3.8, 4) is 11.4 Å². The van der Waals surface area contributed by atoms with Crippen LogP contribution in [-0.4, -0.2) is 46.7 Å². The summed E-state index contributed by atoms with van der Waals surface area (Å²) in [5, 5.41) is 17.4. The summed E-state index contributed by atoms with van der Waals surface area (Å²) in [5.74, 6) is -2.30. The number of hydrogen-bond donors (Lipinski definition) is 4. The number of carboxylic acids is 1. The van der Waals surface area contributed by atoms with Crippen molar-refractivity contribution in [3.63, 3.8) is 0 Å². The SMILES string of the molecule is N=C(N)c1cccc(OCCNC(=O)c2ccc(-n3cccc3)cc2)c1.O=C(O)C(F)(F)F. The quantitative estimate of drug-likeness (QED) is 0.243. The van der Waals surface area contributed by atoms with E-state index in [0.29, 0.717) is 30.0 Å². The Kier molecular flexibility index (Phi) is 8.61. The fourth-order valence-electron chi connectivity index (χ4n) is 2.48. The number of hydrogen-bond acceptors (Lipinski definition) is 4. The normalized spacial score (nSPS) is 10.5. The van der Waals surface area contributed by atoms with Gasteiger partial charge in [0.05, 0.1) is 6.54 Å². The Morgan fingerprint density at radius 1 is 1.03 bits per heavy atom. The van der Waals surface area contributed by atoms with Crippen LogP contribution < -0.4 is 15.8 Å². The molecule has 0 aliphatic heterocycles. The number of carbonyl (C=O) groups excluding carboxylic acids is 1. The van der Waals surface area contributed by atoms with Gasteiger partial charge in [0.25, 0.3) is 5.91 Å². The van der Waals surface area contributed by atoms with Crippen LogP contribution in [0.15, 0.2) is 73.1 Å². The van der Waals surface area contributed by atoms with E-state index in [9.17, 15) is 18.0 Å². The number of ether oxygens (including phenoxy) is 1. The third-order valence-electron chi connectivity index (χ3n) is 4.08. The van der Waals surface area contributed by atoms with E-state index in [-0.39, 0.29) is 11.7 Å². The number of nitrogens with two attached hydrogens (primary N) is 1. The number of carbonyl (C=O) groups is 2. The molecule has 0 saturated heterocycles. The van der Waals surface area contributed by atoms with Crippen LogP contribution in [0.2, 0.25) is 0 Å². The lowest BCUT2D eigenvalue weighted by Crippen LogP contribution is -2.28. The van der Waals surface area contributed by atoms with Gasteiger partial charge in [-0.3, -0.25) is 10.2 Å². The van der Waals surface area contributed by atoms with Crippen LogP contribution in [0.1, 0.15) is 15.9 Å². The van der Waals surface area contributed by atoms with Crippen LogP contribution in [-0.2, 0) is 4.79 Å². The monoisotopic (exact) mass is 462 g/mol. The minimum absolute atomic E-state index is 0.00730. The molecule has 0 aliphatic rings. The highest BCUT2D eigenvalue weighted by Gasteiger charge is 2.38. The van der Waals surface area contributed by atoms with E-state index in [1.54, 1.807) is 36.4 Å². The van der Waals surface area contributed by atoms with Gasteiger partial charge in [0.2, 0.25) is 0 Å². The first-order valence-corrected chi connectivity index (χ1v) is 9.47. The van der Waals surface area contributed by atoms with Crippen molar-refractivity contribution in [3.05, 3.63) is 84.2 Å². The predicted molar refractivity (Wildman–Crippen MR) is 115 cm³/mol. The molecule has 0 atom stereocenters. The fourth-order valence-corrected chi connectivity index (χ4v) is 2.48. The second-order valence-corrected chi connectivity index (χ2v) is 6.49. The topological polar surface area (TPSA) is 130 Å². The van der Waals surface area contributed by atoms with Crippen molar-refractivity contribution in [2.24, 2.45) is 5.73 Å². The number of aromatic nitrogens is 1. The highest BCUT2D eigenvalue weighted by molar-refractivity contribution is 5.95. The van der Waals surface area contributed by atoms with E-state index in [1.165, 1.54) is 0 Å². The van der Waals surface area contributed by atoms with Crippen LogP contribution in [0.3, 0.4) is 0 Å². The van der Waals surface area contributed by atoms with Crippen molar-refractivity contribution in [2.45, 2.75) is 6.18 Å². The number of aliphatic carboxylic acids is 1. The highest BCUT2D eigenvalue weighted by Crippen LogP contribution is 2.14. The molecule has 1 amide bonds. The summed E-state index contributed by atoms with van der Waals surface area (Å²) in [7, 11) is 0. The van der Waals surface area contributed by atoms with Crippen molar-refractivity contribution in [1.29, 1.82) is 5.41 Å². The molecule has 174 valence electrons. The third kappa shape index (κ3) is 8.05. The van der Waals surface area contributed by atoms with Gasteiger partial charge in [-0.15, -0.1) is 0 Å². The smallest absolute Gasteiger partial charge is 0.490 e. The molecule has 0 spiro atoms. The van der Waals surface area contributed by atoms with Crippen LogP contribution in [0, 0.1) is 5.41 Å². The summed E-state index contributed by atoms with van der Waals surface area (Å²) in [5.41, 5.74) is 7.66. The van der Waals surface area contributed by atoms with Crippen molar-refractivity contribution >= 4 is 17.7 Å². The molecule has 3 rings (SSSR count). The average Bonchev–Trinajstić information content (AvgIpc) is 3.31. The lowest BCUT2D eigenvalue weighted by atomic mass is 10.2. The van der Waals surface area contributed by atoms with Crippen molar-refractivity contribution < 1.29 is 32.6 Å². The molecule has 3 aromatic rings. The number of rotatable bonds is 7. The number of nitrogen functional groups attached to an aromatic ring is 1. The van der Waals surface area contributed by atoms with E-state index in [0.717, 1.165) is 5.69 Å². The van der Waals surface area contributed by atoms with E-state index < -0.39 is 12.1 Å². The number of nitrogens with one attached hydrogen (secondary N) is 2. The van der Waals surface area contributed by atoms with Gasteiger partial charge in [0, 0.05) is 29.2 Å². The minimum Gasteiger partial charge on any atom is -0.492 e. The second-order valence-electron chi connectivity index (χ2n) is 6.49. The molecule has 0 fully saturated rings. The van der Waals surface area contributed by atoms with E-state index in [4.69, 9.17) is 25.8 Å². The van der Waals surface area contributed by atoms with Gasteiger partial charge in [-0.1, -0.05) is 12.1 Å². The number of carboxylic acid groups (broad SMARTS) is 1. The Labute approximate surface area is 186 Å². The van der Waals surface area contributed by atoms with Gasteiger partial charge in [-0.25, -0.2) is 4.79 Å². The molecule has 33 heavy (non-hydrogen) atoms. The molecule has 0 unspecified atom stereocenters. The van der Waals surface area contributed by atoms with Crippen LogP contribution in [0.25, 0.3) is 5.69 Å². The van der Waals surface area contributed by atoms with Crippen LogP contribution >= 0.6 is 0 Å². The first kappa shape index (κ1) is 25.0. The molecule has 0 saturated carbocycles. The number of nitrogens with zero attached hydrogens (tertiary/aromatic N) is 1. The number of amidine groups is 1. The Morgan fingerprint density at radius 3 is 2.18 bits per heavy atom. The molecule has 0 aliphatic carbocycles. The second kappa shape index (κ2) is 11.4. The highest BCUT2D eigenvalue weighted by atomic mass is 19.4. The molecule has 8 nitrogen and oxygen atoms in total. The lowest BCUT2D eigenvalue weighted by Gasteiger charge is -2.09. The van der Waals surface area contributed by atoms with Crippen molar-refractivity contribution in [2.75, 3.05) is 13.2 Å². The number of halogens is 3. The van der Waals surface area contributed by atoms with Crippen LogP contribution in [0.4, 0.5) is 13.2 Å². The summed E-state index contributed by atoms with van der Waals surface area (Å²) in [6.07, 6.45) is -1.18. The molecule has 2 aromatic carbocycles. The maximum atomic E-state index is 12.2. The predicted octanol–water partition coefficient (Wildman–Crippen LogP) is 3.20. The molecule has 5 N–H and O–H groups in total. The molecular weight excluding hydrogens is 441 g/mol. The minimum atomic E-state index is -5.08. The van der Waals surface area contributed by atoms with Gasteiger partial charge in [-0.2, -0.15) is 13.2 Å². The maximum Gasteiger partial charge on any atom is 0.490 e. The van der Waals surface area contributed by atoms with Gasteiger partial charge in [0.15, 0.2) is 0 Å². The fraction of sp³-hybridized carbons (Fsp3) is 0.136. The van der Waals surface area contributed by atoms with Gasteiger partial charge < -0.3 is 25.5 Å². The summed E-state index contributed by atoms with van der Waals surface area (Å²) < 4.78 is 39.3. The zero-order valence-corrected chi connectivity index (χ0v) is 17.2. The summed E-state index contributed by atoms with van der Waals surface area (Å²) >= 11 is 0. The summed E-state index contributed by atoms with van der Waals surface area (Å²) in [6.45, 7) is 0.705. The zero-order chi connectivity index (χ0) is 24.4. The van der Waals surface area contributed by atoms with E-state index >= 15 is 0 Å². The number of benzene rings is 2. The van der Waals surface area contributed by atoms with Crippen molar-refractivity contribution in [1.82, 2.24) is 9.88 Å². The lowest BCUT2D eigenvalue weighted by molar-refractivity contribution is -0.192. The van der Waals surface area contributed by atoms with Gasteiger partial charge in [-0.05, 0) is 48.5 Å². The Morgan fingerprint density at radius 2 is 1.64 bits per heavy atom. The first-order valence-electron chi connectivity index (χ1n) is 9.47.